The lowest BCUT2D eigenvalue weighted by Gasteiger charge is -2.15. The van der Waals surface area contributed by atoms with Gasteiger partial charge < -0.3 is 9.15 Å². The Kier molecular flexibility index (Phi) is 3.24. The van der Waals surface area contributed by atoms with Crippen LogP contribution in [0.5, 0.6) is 5.75 Å². The van der Waals surface area contributed by atoms with E-state index in [1.165, 1.54) is 6.07 Å². The van der Waals surface area contributed by atoms with E-state index < -0.39 is 0 Å². The molecule has 0 unspecified atom stereocenters. The minimum atomic E-state index is -0.367. The molecule has 0 spiro atoms. The van der Waals surface area contributed by atoms with Crippen LogP contribution in [0.1, 0.15) is 19.4 Å². The van der Waals surface area contributed by atoms with Crippen molar-refractivity contribution in [2.75, 3.05) is 7.11 Å². The van der Waals surface area contributed by atoms with Gasteiger partial charge in [-0.15, -0.1) is 0 Å². The molecule has 94 valence electrons. The van der Waals surface area contributed by atoms with E-state index in [9.17, 15) is 4.79 Å². The van der Waals surface area contributed by atoms with E-state index in [0.29, 0.717) is 11.3 Å². The SMILES string of the molecule is C=C(c1c(OC)ccc2ccc(=O)oc12)C(C)C. The Labute approximate surface area is 106 Å². The fourth-order valence-corrected chi connectivity index (χ4v) is 1.88. The molecule has 0 aliphatic heterocycles. The maximum absolute atomic E-state index is 11.4. The number of allylic oxidation sites excluding steroid dienone is 1. The van der Waals surface area contributed by atoms with Crippen molar-refractivity contribution in [2.45, 2.75) is 13.8 Å². The Morgan fingerprint density at radius 3 is 2.56 bits per heavy atom. The molecule has 2 rings (SSSR count). The van der Waals surface area contributed by atoms with Gasteiger partial charge in [-0.2, -0.15) is 0 Å². The minimum Gasteiger partial charge on any atom is -0.496 e. The summed E-state index contributed by atoms with van der Waals surface area (Å²) in [7, 11) is 1.60. The molecule has 0 atom stereocenters. The van der Waals surface area contributed by atoms with Crippen LogP contribution in [0.2, 0.25) is 0 Å². The van der Waals surface area contributed by atoms with Crippen LogP contribution in [0, 0.1) is 5.92 Å². The third-order valence-electron chi connectivity index (χ3n) is 2.99. The van der Waals surface area contributed by atoms with Crippen molar-refractivity contribution in [3.8, 4) is 5.75 Å². The zero-order valence-electron chi connectivity index (χ0n) is 10.8. The van der Waals surface area contributed by atoms with Crippen molar-refractivity contribution < 1.29 is 9.15 Å². The van der Waals surface area contributed by atoms with Gasteiger partial charge >= 0.3 is 5.63 Å². The van der Waals surface area contributed by atoms with Crippen molar-refractivity contribution >= 4 is 16.5 Å². The summed E-state index contributed by atoms with van der Waals surface area (Å²) in [6.45, 7) is 8.16. The van der Waals surface area contributed by atoms with E-state index in [2.05, 4.69) is 6.58 Å². The molecule has 0 N–H and O–H groups in total. The van der Waals surface area contributed by atoms with Crippen LogP contribution >= 0.6 is 0 Å². The Morgan fingerprint density at radius 1 is 1.28 bits per heavy atom. The van der Waals surface area contributed by atoms with Gasteiger partial charge in [-0.1, -0.05) is 20.4 Å². The molecular weight excluding hydrogens is 228 g/mol. The number of fused-ring (bicyclic) bond motifs is 1. The molecule has 1 aromatic carbocycles. The largest absolute Gasteiger partial charge is 0.496 e. The fourth-order valence-electron chi connectivity index (χ4n) is 1.88. The van der Waals surface area contributed by atoms with Gasteiger partial charge in [0.1, 0.15) is 11.3 Å². The molecule has 0 radical (unpaired) electrons. The zero-order chi connectivity index (χ0) is 13.3. The number of methoxy groups -OCH3 is 1. The first-order valence-electron chi connectivity index (χ1n) is 5.84. The second-order valence-electron chi connectivity index (χ2n) is 4.50. The first kappa shape index (κ1) is 12.4. The molecule has 0 saturated carbocycles. The Balaban J connectivity index is 2.84. The highest BCUT2D eigenvalue weighted by Gasteiger charge is 2.16. The van der Waals surface area contributed by atoms with Gasteiger partial charge in [0.25, 0.3) is 0 Å². The monoisotopic (exact) mass is 244 g/mol. The van der Waals surface area contributed by atoms with Gasteiger partial charge in [-0.25, -0.2) is 4.79 Å². The molecule has 0 aliphatic carbocycles. The van der Waals surface area contributed by atoms with Crippen LogP contribution in [0.3, 0.4) is 0 Å². The van der Waals surface area contributed by atoms with Crippen molar-refractivity contribution in [3.63, 3.8) is 0 Å². The van der Waals surface area contributed by atoms with Crippen molar-refractivity contribution in [2.24, 2.45) is 5.92 Å². The molecule has 3 nitrogen and oxygen atoms in total. The second-order valence-corrected chi connectivity index (χ2v) is 4.50. The van der Waals surface area contributed by atoms with Crippen LogP contribution in [-0.2, 0) is 0 Å². The lowest BCUT2D eigenvalue weighted by molar-refractivity contribution is 0.412. The van der Waals surface area contributed by atoms with Crippen LogP contribution in [0.4, 0.5) is 0 Å². The molecule has 1 aromatic heterocycles. The highest BCUT2D eigenvalue weighted by Crippen LogP contribution is 2.35. The lowest BCUT2D eigenvalue weighted by Crippen LogP contribution is -2.01. The predicted molar refractivity (Wildman–Crippen MR) is 72.9 cm³/mol. The average molecular weight is 244 g/mol. The third kappa shape index (κ3) is 2.04. The first-order valence-corrected chi connectivity index (χ1v) is 5.84. The molecule has 0 saturated heterocycles. The summed E-state index contributed by atoms with van der Waals surface area (Å²) in [5, 5.41) is 0.868. The quantitative estimate of drug-likeness (QED) is 0.776. The number of ether oxygens (including phenoxy) is 1. The van der Waals surface area contributed by atoms with Crippen LogP contribution in [0.15, 0.2) is 40.1 Å². The van der Waals surface area contributed by atoms with E-state index in [0.717, 1.165) is 16.5 Å². The molecule has 3 heteroatoms. The standard InChI is InChI=1S/C15H16O3/c1-9(2)10(3)14-12(17-4)7-5-11-6-8-13(16)18-15(11)14/h5-9H,3H2,1-2,4H3. The normalized spacial score (nSPS) is 10.9. The maximum Gasteiger partial charge on any atom is 0.336 e. The van der Waals surface area contributed by atoms with Crippen molar-refractivity contribution in [1.29, 1.82) is 0 Å². The van der Waals surface area contributed by atoms with Gasteiger partial charge in [-0.05, 0) is 29.7 Å². The molecule has 0 bridgehead atoms. The maximum atomic E-state index is 11.4. The summed E-state index contributed by atoms with van der Waals surface area (Å²) in [6, 6.07) is 6.90. The van der Waals surface area contributed by atoms with Gasteiger partial charge in [0.2, 0.25) is 0 Å². The molecule has 0 amide bonds. The summed E-state index contributed by atoms with van der Waals surface area (Å²) in [6.07, 6.45) is 0. The molecule has 0 aliphatic rings. The highest BCUT2D eigenvalue weighted by molar-refractivity contribution is 5.92. The van der Waals surface area contributed by atoms with Gasteiger partial charge in [-0.3, -0.25) is 0 Å². The zero-order valence-corrected chi connectivity index (χ0v) is 10.8. The van der Waals surface area contributed by atoms with Gasteiger partial charge in [0, 0.05) is 11.5 Å². The molecular formula is C15H16O3. The lowest BCUT2D eigenvalue weighted by atomic mass is 9.94. The van der Waals surface area contributed by atoms with E-state index in [4.69, 9.17) is 9.15 Å². The second kappa shape index (κ2) is 4.69. The Hall–Kier alpha value is -2.03. The Bertz CT molecular complexity index is 650. The van der Waals surface area contributed by atoms with E-state index >= 15 is 0 Å². The van der Waals surface area contributed by atoms with Gasteiger partial charge in [0.05, 0.1) is 12.7 Å². The van der Waals surface area contributed by atoms with E-state index in [1.54, 1.807) is 13.2 Å². The van der Waals surface area contributed by atoms with Crippen LogP contribution in [0.25, 0.3) is 16.5 Å². The molecule has 2 aromatic rings. The van der Waals surface area contributed by atoms with Crippen LogP contribution < -0.4 is 10.4 Å². The van der Waals surface area contributed by atoms with E-state index in [-0.39, 0.29) is 11.5 Å². The molecule has 1 heterocycles. The highest BCUT2D eigenvalue weighted by atomic mass is 16.5. The fraction of sp³-hybridized carbons (Fsp3) is 0.267. The molecule has 0 fully saturated rings. The minimum absolute atomic E-state index is 0.245. The summed E-state index contributed by atoms with van der Waals surface area (Å²) in [5.41, 5.74) is 1.85. The van der Waals surface area contributed by atoms with Crippen molar-refractivity contribution in [3.05, 3.63) is 46.8 Å². The average Bonchev–Trinajstić information content (AvgIpc) is 2.36. The summed E-state index contributed by atoms with van der Waals surface area (Å²) in [5.74, 6) is 0.922. The number of rotatable bonds is 3. The first-order chi connectivity index (χ1) is 8.54. The third-order valence-corrected chi connectivity index (χ3v) is 2.99. The topological polar surface area (TPSA) is 39.4 Å². The number of hydrogen-bond acceptors (Lipinski definition) is 3. The predicted octanol–water partition coefficient (Wildman–Crippen LogP) is 3.47. The molecule has 18 heavy (non-hydrogen) atoms. The smallest absolute Gasteiger partial charge is 0.336 e. The van der Waals surface area contributed by atoms with E-state index in [1.807, 2.05) is 26.0 Å². The number of hydrogen-bond donors (Lipinski definition) is 0. The van der Waals surface area contributed by atoms with Crippen LogP contribution in [-0.4, -0.2) is 7.11 Å². The summed E-state index contributed by atoms with van der Waals surface area (Å²) in [4.78, 5) is 11.4. The summed E-state index contributed by atoms with van der Waals surface area (Å²) < 4.78 is 10.7. The number of benzene rings is 1. The van der Waals surface area contributed by atoms with Crippen molar-refractivity contribution in [1.82, 2.24) is 0 Å². The van der Waals surface area contributed by atoms with Gasteiger partial charge in [0.15, 0.2) is 0 Å². The Morgan fingerprint density at radius 2 is 1.94 bits per heavy atom. The summed E-state index contributed by atoms with van der Waals surface area (Å²) >= 11 is 0.